The number of nitrogens with zero attached hydrogens (tertiary/aromatic N) is 1. The molecule has 0 spiro atoms. The Bertz CT molecular complexity index is 300. The van der Waals surface area contributed by atoms with Crippen LogP contribution in [0.2, 0.25) is 0 Å². The van der Waals surface area contributed by atoms with Crippen molar-refractivity contribution in [3.05, 3.63) is 28.3 Å². The summed E-state index contributed by atoms with van der Waals surface area (Å²) in [6.45, 7) is 0. The first-order valence-corrected chi connectivity index (χ1v) is 5.65. The van der Waals surface area contributed by atoms with Crippen molar-refractivity contribution in [2.45, 2.75) is 0 Å². The van der Waals surface area contributed by atoms with Gasteiger partial charge in [0.25, 0.3) is 0 Å². The first-order valence-electron chi connectivity index (χ1n) is 2.90. The molecule has 0 aliphatic rings. The molecule has 0 heterocycles. The van der Waals surface area contributed by atoms with Crippen LogP contribution in [0.25, 0.3) is 0 Å². The van der Waals surface area contributed by atoms with Crippen molar-refractivity contribution in [3.63, 3.8) is 0 Å². The normalized spacial score (nSPS) is 9.64. The van der Waals surface area contributed by atoms with E-state index in [4.69, 9.17) is 5.11 Å². The second-order valence-corrected chi connectivity index (χ2v) is 5.03. The van der Waals surface area contributed by atoms with E-state index >= 15 is 0 Å². The molecule has 0 bridgehead atoms. The Labute approximate surface area is 79.0 Å². The average molecular weight is 339 g/mol. The first kappa shape index (κ1) is 8.45. The Morgan fingerprint density at radius 2 is 2.18 bits per heavy atom. The minimum absolute atomic E-state index is 0.0489. The Kier molecular flexibility index (Phi) is 2.43. The van der Waals surface area contributed by atoms with Gasteiger partial charge in [0.2, 0.25) is 0 Å². The zero-order valence-electron chi connectivity index (χ0n) is 5.65. The van der Waals surface area contributed by atoms with Gasteiger partial charge in [-0.3, -0.25) is 0 Å². The van der Waals surface area contributed by atoms with E-state index < -0.39 is 4.92 Å². The molecule has 52 valence electrons. The van der Waals surface area contributed by atoms with Crippen LogP contribution in [0.4, 0.5) is 5.69 Å². The Morgan fingerprint density at radius 1 is 1.55 bits per heavy atom. The third-order valence-corrected chi connectivity index (χ3v) is 3.48. The van der Waals surface area contributed by atoms with E-state index in [0.717, 1.165) is 0 Å². The molecule has 11 heavy (non-hydrogen) atoms. The summed E-state index contributed by atoms with van der Waals surface area (Å²) in [5, 5.41) is 19.3. The van der Waals surface area contributed by atoms with Gasteiger partial charge < -0.3 is 0 Å². The number of rotatable bonds is 1. The number of phenolic OH excluding ortho intramolecular Hbond substituents is 1. The van der Waals surface area contributed by atoms with Gasteiger partial charge in [-0.2, -0.15) is 0 Å². The van der Waals surface area contributed by atoms with Crippen molar-refractivity contribution in [2.75, 3.05) is 0 Å². The number of non-ortho nitro benzene ring substituents is 1. The van der Waals surface area contributed by atoms with Crippen molar-refractivity contribution in [2.24, 2.45) is 0 Å². The molecule has 1 N–H and O–H groups in total. The number of benzene rings is 1. The van der Waals surface area contributed by atoms with Crippen molar-refractivity contribution < 1.29 is 36.2 Å². The molecular weight excluding hydrogens is 335 g/mol. The van der Waals surface area contributed by atoms with Gasteiger partial charge in [0.05, 0.1) is 0 Å². The number of hydrogen-bond donors (Lipinski definition) is 1. The van der Waals surface area contributed by atoms with Crippen molar-refractivity contribution in [1.82, 2.24) is 0 Å². The van der Waals surface area contributed by atoms with Crippen LogP contribution in [0.1, 0.15) is 0 Å². The summed E-state index contributed by atoms with van der Waals surface area (Å²) in [6, 6.07) is 4.07. The standard InChI is InChI=1S/C6H4NO3.Hg/c8-6-3-1-5(2-4-6)7(9)10;/h1-3,8H;/q;+1. The van der Waals surface area contributed by atoms with Crippen LogP contribution in [0, 0.1) is 10.1 Å². The maximum absolute atomic E-state index is 10.2. The van der Waals surface area contributed by atoms with Gasteiger partial charge in [-0.25, -0.2) is 0 Å². The Balaban J connectivity index is 3.15. The van der Waals surface area contributed by atoms with Crippen LogP contribution in [0.5, 0.6) is 5.75 Å². The third-order valence-electron chi connectivity index (χ3n) is 1.27. The number of phenols is 1. The summed E-state index contributed by atoms with van der Waals surface area (Å²) in [7, 11) is 0. The molecule has 0 saturated carbocycles. The predicted molar refractivity (Wildman–Crippen MR) is 34.4 cm³/mol. The molecule has 0 radical (unpaired) electrons. The zero-order valence-corrected chi connectivity index (χ0v) is 11.1. The third kappa shape index (κ3) is 1.89. The van der Waals surface area contributed by atoms with Crippen LogP contribution < -0.4 is 3.07 Å². The van der Waals surface area contributed by atoms with E-state index in [1.54, 1.807) is 0 Å². The summed E-state index contributed by atoms with van der Waals surface area (Å²) in [4.78, 5) is 9.75. The molecule has 0 atom stereocenters. The Hall–Kier alpha value is -0.645. The van der Waals surface area contributed by atoms with Gasteiger partial charge in [-0.15, -0.1) is 0 Å². The number of aromatic hydroxyl groups is 1. The molecule has 1 aromatic carbocycles. The topological polar surface area (TPSA) is 63.4 Å². The van der Waals surface area contributed by atoms with Crippen LogP contribution >= 0.6 is 0 Å². The number of nitro benzene ring substituents is 1. The number of hydrogen-bond acceptors (Lipinski definition) is 3. The van der Waals surface area contributed by atoms with Gasteiger partial charge in [-0.1, -0.05) is 0 Å². The van der Waals surface area contributed by atoms with Gasteiger partial charge >= 0.3 is 79.0 Å². The SMILES string of the molecule is O=[N+]([O-])c1ccc(O)[c]([Hg+])c1. The molecule has 1 aromatic rings. The summed E-state index contributed by atoms with van der Waals surface area (Å²) < 4.78 is 0.708. The number of nitro groups is 1. The predicted octanol–water partition coefficient (Wildman–Crippen LogP) is 0.472. The fourth-order valence-electron chi connectivity index (χ4n) is 0.685. The zero-order chi connectivity index (χ0) is 8.43. The second kappa shape index (κ2) is 3.17. The summed E-state index contributed by atoms with van der Waals surface area (Å²) in [5.74, 6) is 0.166. The van der Waals surface area contributed by atoms with E-state index in [0.29, 0.717) is 3.07 Å². The van der Waals surface area contributed by atoms with Crippen molar-refractivity contribution >= 4 is 8.76 Å². The fraction of sp³-hybridized carbons (Fsp3) is 0. The van der Waals surface area contributed by atoms with Crippen LogP contribution in [-0.2, 0) is 26.1 Å². The first-order chi connectivity index (χ1) is 5.11. The fourth-order valence-corrected chi connectivity index (χ4v) is 1.96. The van der Waals surface area contributed by atoms with E-state index in [9.17, 15) is 10.1 Å². The molecule has 0 unspecified atom stereocenters. The molecule has 4 nitrogen and oxygen atoms in total. The monoisotopic (exact) mass is 340 g/mol. The van der Waals surface area contributed by atoms with Crippen molar-refractivity contribution in [1.29, 1.82) is 0 Å². The van der Waals surface area contributed by atoms with Gasteiger partial charge in [-0.05, 0) is 0 Å². The van der Waals surface area contributed by atoms with E-state index in [2.05, 4.69) is 0 Å². The van der Waals surface area contributed by atoms with E-state index in [-0.39, 0.29) is 37.6 Å². The van der Waals surface area contributed by atoms with E-state index in [1.807, 2.05) is 0 Å². The summed E-state index contributed by atoms with van der Waals surface area (Å²) in [6.07, 6.45) is 0. The molecule has 0 aromatic heterocycles. The molecule has 0 aliphatic carbocycles. The molecule has 0 aliphatic heterocycles. The summed E-state index contributed by atoms with van der Waals surface area (Å²) >= 11 is 0.217. The second-order valence-electron chi connectivity index (χ2n) is 2.07. The summed E-state index contributed by atoms with van der Waals surface area (Å²) in [5.41, 5.74) is 0.0489. The van der Waals surface area contributed by atoms with E-state index in [1.165, 1.54) is 18.2 Å². The quantitative estimate of drug-likeness (QED) is 0.460. The van der Waals surface area contributed by atoms with Crippen LogP contribution in [0.15, 0.2) is 18.2 Å². The van der Waals surface area contributed by atoms with Gasteiger partial charge in [0.1, 0.15) is 0 Å². The van der Waals surface area contributed by atoms with Gasteiger partial charge in [0.15, 0.2) is 0 Å². The maximum atomic E-state index is 10.2. The van der Waals surface area contributed by atoms with Crippen LogP contribution in [-0.4, -0.2) is 10.0 Å². The molecule has 1 rings (SSSR count). The molecular formula is C6H4HgNO3+. The molecule has 0 fully saturated rings. The van der Waals surface area contributed by atoms with Gasteiger partial charge in [0, 0.05) is 0 Å². The minimum atomic E-state index is -0.462. The molecule has 0 saturated heterocycles. The molecule has 5 heteroatoms. The van der Waals surface area contributed by atoms with Crippen LogP contribution in [0.3, 0.4) is 0 Å². The van der Waals surface area contributed by atoms with Crippen molar-refractivity contribution in [3.8, 4) is 5.75 Å². The average Bonchev–Trinajstić information content (AvgIpc) is 1.94. The molecule has 0 amide bonds. The Morgan fingerprint density at radius 3 is 2.64 bits per heavy atom.